The van der Waals surface area contributed by atoms with Gasteiger partial charge >= 0.3 is 6.18 Å². The summed E-state index contributed by atoms with van der Waals surface area (Å²) in [4.78, 5) is 36.5. The van der Waals surface area contributed by atoms with E-state index in [1.54, 1.807) is 13.0 Å². The van der Waals surface area contributed by atoms with Crippen molar-refractivity contribution in [1.82, 2.24) is 9.80 Å². The van der Waals surface area contributed by atoms with Gasteiger partial charge < -0.3 is 9.80 Å². The number of rotatable bonds is 5. The molecule has 1 aromatic rings. The summed E-state index contributed by atoms with van der Waals surface area (Å²) in [6.45, 7) is -0.00977. The molecule has 0 bridgehead atoms. The number of nitro groups is 1. The van der Waals surface area contributed by atoms with Gasteiger partial charge in [-0.25, -0.2) is 0 Å². The molecule has 1 aromatic carbocycles. The average molecular weight is 373 g/mol. The van der Waals surface area contributed by atoms with Crippen LogP contribution in [0.4, 0.5) is 18.9 Å². The van der Waals surface area contributed by atoms with Gasteiger partial charge in [-0.05, 0) is 12.5 Å². The molecule has 10 heteroatoms. The van der Waals surface area contributed by atoms with E-state index in [-0.39, 0.29) is 18.7 Å². The number of hydrogen-bond acceptors (Lipinski definition) is 4. The van der Waals surface area contributed by atoms with Crippen molar-refractivity contribution < 1.29 is 27.7 Å². The van der Waals surface area contributed by atoms with Gasteiger partial charge in [0.15, 0.2) is 0 Å². The van der Waals surface area contributed by atoms with Crippen molar-refractivity contribution >= 4 is 17.5 Å². The van der Waals surface area contributed by atoms with Gasteiger partial charge in [0.2, 0.25) is 11.8 Å². The molecule has 0 N–H and O–H groups in total. The van der Waals surface area contributed by atoms with Gasteiger partial charge in [0.1, 0.15) is 6.54 Å². The number of nitro benzene ring substituents is 1. The van der Waals surface area contributed by atoms with Gasteiger partial charge in [0.05, 0.1) is 16.9 Å². The second kappa shape index (κ2) is 7.30. The van der Waals surface area contributed by atoms with E-state index in [1.165, 1.54) is 30.1 Å². The maximum atomic E-state index is 12.6. The number of benzene rings is 1. The Bertz CT molecular complexity index is 723. The minimum absolute atomic E-state index is 0.123. The Morgan fingerprint density at radius 2 is 2.12 bits per heavy atom. The lowest BCUT2D eigenvalue weighted by Crippen LogP contribution is -2.38. The highest BCUT2D eigenvalue weighted by atomic mass is 19.4. The van der Waals surface area contributed by atoms with E-state index in [0.29, 0.717) is 10.5 Å². The number of alkyl halides is 3. The van der Waals surface area contributed by atoms with E-state index in [1.807, 2.05) is 0 Å². The highest BCUT2D eigenvalue weighted by Gasteiger charge is 2.41. The predicted molar refractivity (Wildman–Crippen MR) is 85.0 cm³/mol. The zero-order chi connectivity index (χ0) is 19.6. The SMILES string of the molecule is C[C@H](c1cccc([N+](=O)[O-])c1)N(C)C(=O)[C@H]1CC(=O)N(CC(F)(F)F)C1. The molecule has 0 aliphatic carbocycles. The molecule has 1 aliphatic heterocycles. The minimum Gasteiger partial charge on any atom is -0.339 e. The summed E-state index contributed by atoms with van der Waals surface area (Å²) >= 11 is 0. The summed E-state index contributed by atoms with van der Waals surface area (Å²) in [6, 6.07) is 5.24. The van der Waals surface area contributed by atoms with Crippen LogP contribution in [-0.2, 0) is 9.59 Å². The second-order valence-electron chi connectivity index (χ2n) is 6.27. The second-order valence-corrected chi connectivity index (χ2v) is 6.27. The molecule has 1 fully saturated rings. The lowest BCUT2D eigenvalue weighted by Gasteiger charge is -2.28. The Labute approximate surface area is 147 Å². The highest BCUT2D eigenvalue weighted by molar-refractivity contribution is 5.89. The van der Waals surface area contributed by atoms with E-state index in [9.17, 15) is 32.9 Å². The number of likely N-dealkylation sites (tertiary alicyclic amines) is 1. The number of carbonyl (C=O) groups is 2. The van der Waals surface area contributed by atoms with E-state index >= 15 is 0 Å². The van der Waals surface area contributed by atoms with Crippen molar-refractivity contribution in [3.05, 3.63) is 39.9 Å². The van der Waals surface area contributed by atoms with Crippen molar-refractivity contribution in [3.63, 3.8) is 0 Å². The fraction of sp³-hybridized carbons (Fsp3) is 0.500. The Morgan fingerprint density at radius 1 is 1.46 bits per heavy atom. The van der Waals surface area contributed by atoms with E-state index < -0.39 is 41.4 Å². The van der Waals surface area contributed by atoms with Crippen LogP contribution < -0.4 is 0 Å². The summed E-state index contributed by atoms with van der Waals surface area (Å²) in [5.74, 6) is -2.05. The summed E-state index contributed by atoms with van der Waals surface area (Å²) in [7, 11) is 1.46. The van der Waals surface area contributed by atoms with Crippen molar-refractivity contribution in [1.29, 1.82) is 0 Å². The first-order valence-corrected chi connectivity index (χ1v) is 7.85. The van der Waals surface area contributed by atoms with Crippen LogP contribution in [0.1, 0.15) is 24.9 Å². The smallest absolute Gasteiger partial charge is 0.339 e. The van der Waals surface area contributed by atoms with Crippen LogP contribution in [0.5, 0.6) is 0 Å². The van der Waals surface area contributed by atoms with E-state index in [4.69, 9.17) is 0 Å². The molecule has 2 rings (SSSR count). The van der Waals surface area contributed by atoms with Gasteiger partial charge in [-0.15, -0.1) is 0 Å². The van der Waals surface area contributed by atoms with Crippen LogP contribution in [0.3, 0.4) is 0 Å². The quantitative estimate of drug-likeness (QED) is 0.586. The highest BCUT2D eigenvalue weighted by Crippen LogP contribution is 2.28. The number of nitrogens with zero attached hydrogens (tertiary/aromatic N) is 3. The molecule has 2 amide bonds. The fourth-order valence-electron chi connectivity index (χ4n) is 2.91. The van der Waals surface area contributed by atoms with Crippen LogP contribution in [0.2, 0.25) is 0 Å². The number of non-ortho nitro benzene ring substituents is 1. The van der Waals surface area contributed by atoms with Crippen molar-refractivity contribution in [2.75, 3.05) is 20.1 Å². The van der Waals surface area contributed by atoms with Crippen LogP contribution in [0.15, 0.2) is 24.3 Å². The first kappa shape index (κ1) is 19.7. The maximum Gasteiger partial charge on any atom is 0.406 e. The molecule has 0 saturated carbocycles. The molecule has 0 radical (unpaired) electrons. The summed E-state index contributed by atoms with van der Waals surface area (Å²) in [5, 5.41) is 10.9. The lowest BCUT2D eigenvalue weighted by atomic mass is 10.0. The fourth-order valence-corrected chi connectivity index (χ4v) is 2.91. The Balaban J connectivity index is 2.08. The monoisotopic (exact) mass is 373 g/mol. The van der Waals surface area contributed by atoms with Gasteiger partial charge in [-0.2, -0.15) is 13.2 Å². The molecule has 26 heavy (non-hydrogen) atoms. The molecular weight excluding hydrogens is 355 g/mol. The molecule has 1 saturated heterocycles. The van der Waals surface area contributed by atoms with Gasteiger partial charge in [0.25, 0.3) is 5.69 Å². The summed E-state index contributed by atoms with van der Waals surface area (Å²) < 4.78 is 37.4. The number of amides is 2. The van der Waals surface area contributed by atoms with Crippen LogP contribution in [0, 0.1) is 16.0 Å². The van der Waals surface area contributed by atoms with Crippen LogP contribution in [0.25, 0.3) is 0 Å². The zero-order valence-electron chi connectivity index (χ0n) is 14.2. The molecule has 2 atom stereocenters. The first-order valence-electron chi connectivity index (χ1n) is 7.85. The number of carbonyl (C=O) groups excluding carboxylic acids is 2. The largest absolute Gasteiger partial charge is 0.406 e. The van der Waals surface area contributed by atoms with Gasteiger partial charge in [-0.1, -0.05) is 12.1 Å². The summed E-state index contributed by atoms with van der Waals surface area (Å²) in [6.07, 6.45) is -4.79. The predicted octanol–water partition coefficient (Wildman–Crippen LogP) is 2.53. The molecule has 1 aliphatic rings. The van der Waals surface area contributed by atoms with Crippen molar-refractivity contribution in [2.45, 2.75) is 25.6 Å². The summed E-state index contributed by atoms with van der Waals surface area (Å²) in [5.41, 5.74) is 0.397. The molecule has 0 unspecified atom stereocenters. The topological polar surface area (TPSA) is 83.8 Å². The molecule has 0 aromatic heterocycles. The third-order valence-corrected chi connectivity index (χ3v) is 4.43. The van der Waals surface area contributed by atoms with Crippen LogP contribution in [-0.4, -0.2) is 52.9 Å². The molecular formula is C16H18F3N3O4. The number of hydrogen-bond donors (Lipinski definition) is 0. The average Bonchev–Trinajstić information content (AvgIpc) is 2.91. The van der Waals surface area contributed by atoms with Gasteiger partial charge in [-0.3, -0.25) is 19.7 Å². The van der Waals surface area contributed by atoms with Crippen molar-refractivity contribution in [3.8, 4) is 0 Å². The number of halogens is 3. The molecule has 7 nitrogen and oxygen atoms in total. The lowest BCUT2D eigenvalue weighted by molar-refractivity contribution is -0.384. The third kappa shape index (κ3) is 4.50. The molecule has 0 spiro atoms. The van der Waals surface area contributed by atoms with Crippen LogP contribution >= 0.6 is 0 Å². The minimum atomic E-state index is -4.52. The molecule has 1 heterocycles. The standard InChI is InChI=1S/C16H18F3N3O4/c1-10(11-4-3-5-13(6-11)22(25)26)20(2)15(24)12-7-14(23)21(8-12)9-16(17,18)19/h3-6,10,12H,7-9H2,1-2H3/t10-,12+/m1/s1. The Morgan fingerprint density at radius 3 is 2.69 bits per heavy atom. The zero-order valence-corrected chi connectivity index (χ0v) is 14.2. The Kier molecular flexibility index (Phi) is 5.53. The maximum absolute atomic E-state index is 12.6. The normalized spacial score (nSPS) is 18.7. The Hall–Kier alpha value is -2.65. The molecule has 142 valence electrons. The van der Waals surface area contributed by atoms with E-state index in [2.05, 4.69) is 0 Å². The first-order chi connectivity index (χ1) is 12.0. The van der Waals surface area contributed by atoms with Crippen molar-refractivity contribution in [2.24, 2.45) is 5.92 Å². The van der Waals surface area contributed by atoms with E-state index in [0.717, 1.165) is 0 Å². The third-order valence-electron chi connectivity index (χ3n) is 4.43. The van der Waals surface area contributed by atoms with Gasteiger partial charge in [0, 0.05) is 32.1 Å².